The molecule has 1 atom stereocenters. The first kappa shape index (κ1) is 18.4. The lowest BCUT2D eigenvalue weighted by Crippen LogP contribution is -2.44. The van der Waals surface area contributed by atoms with Crippen molar-refractivity contribution in [1.82, 2.24) is 0 Å². The summed E-state index contributed by atoms with van der Waals surface area (Å²) >= 11 is 0. The van der Waals surface area contributed by atoms with Gasteiger partial charge in [0.05, 0.1) is 29.8 Å². The van der Waals surface area contributed by atoms with Crippen LogP contribution in [0, 0.1) is 21.4 Å². The van der Waals surface area contributed by atoms with Crippen molar-refractivity contribution in [1.29, 1.82) is 5.26 Å². The number of ether oxygens (including phenoxy) is 1. The molecule has 138 valence electrons. The lowest BCUT2D eigenvalue weighted by atomic mass is 10.1. The molecule has 1 aliphatic rings. The van der Waals surface area contributed by atoms with Crippen molar-refractivity contribution >= 4 is 23.0 Å². The van der Waals surface area contributed by atoms with Crippen LogP contribution < -0.4 is 10.2 Å². The molecule has 2 aromatic rings. The summed E-state index contributed by atoms with van der Waals surface area (Å²) in [6.07, 6.45) is 0. The Kier molecular flexibility index (Phi) is 5.33. The number of nitriles is 1. The summed E-state index contributed by atoms with van der Waals surface area (Å²) in [7, 11) is 0. The Bertz CT molecular complexity index is 922. The molecule has 0 aliphatic carbocycles. The van der Waals surface area contributed by atoms with E-state index < -0.39 is 10.8 Å². The lowest BCUT2D eigenvalue weighted by molar-refractivity contribution is -0.384. The lowest BCUT2D eigenvalue weighted by Gasteiger charge is -2.34. The van der Waals surface area contributed by atoms with Crippen LogP contribution in [0.5, 0.6) is 0 Å². The number of benzene rings is 2. The zero-order valence-electron chi connectivity index (χ0n) is 14.7. The van der Waals surface area contributed by atoms with Gasteiger partial charge in [0, 0.05) is 29.9 Å². The SMILES string of the molecule is C[C@H]1COCCN1c1ccc(C(=O)Nc2cccc(C#N)c2)cc1[N+](=O)[O-]. The van der Waals surface area contributed by atoms with Gasteiger partial charge in [-0.15, -0.1) is 0 Å². The highest BCUT2D eigenvalue weighted by molar-refractivity contribution is 6.05. The molecule has 0 bridgehead atoms. The van der Waals surface area contributed by atoms with Crippen LogP contribution in [0.1, 0.15) is 22.8 Å². The minimum Gasteiger partial charge on any atom is -0.377 e. The number of nitrogens with one attached hydrogen (secondary N) is 1. The molecule has 0 radical (unpaired) electrons. The van der Waals surface area contributed by atoms with Gasteiger partial charge in [0.1, 0.15) is 5.69 Å². The van der Waals surface area contributed by atoms with Crippen LogP contribution in [-0.2, 0) is 4.74 Å². The molecule has 8 heteroatoms. The molecule has 0 unspecified atom stereocenters. The summed E-state index contributed by atoms with van der Waals surface area (Å²) in [6.45, 7) is 3.48. The molecule has 0 saturated carbocycles. The summed E-state index contributed by atoms with van der Waals surface area (Å²) in [6, 6.07) is 12.9. The summed E-state index contributed by atoms with van der Waals surface area (Å²) in [5.41, 5.74) is 1.39. The van der Waals surface area contributed by atoms with E-state index in [0.29, 0.717) is 36.7 Å². The van der Waals surface area contributed by atoms with Crippen LogP contribution in [0.2, 0.25) is 0 Å². The summed E-state index contributed by atoms with van der Waals surface area (Å²) in [4.78, 5) is 25.5. The second-order valence-electron chi connectivity index (χ2n) is 6.22. The van der Waals surface area contributed by atoms with Crippen molar-refractivity contribution < 1.29 is 14.5 Å². The molecule has 0 aromatic heterocycles. The average Bonchev–Trinajstić information content (AvgIpc) is 2.68. The van der Waals surface area contributed by atoms with Gasteiger partial charge < -0.3 is 15.0 Å². The number of carbonyl (C=O) groups excluding carboxylic acids is 1. The van der Waals surface area contributed by atoms with Gasteiger partial charge in [-0.1, -0.05) is 6.07 Å². The average molecular weight is 366 g/mol. The fourth-order valence-corrected chi connectivity index (χ4v) is 3.01. The molecule has 1 amide bonds. The third-order valence-electron chi connectivity index (χ3n) is 4.36. The number of carbonyl (C=O) groups is 1. The highest BCUT2D eigenvalue weighted by Gasteiger charge is 2.27. The maximum Gasteiger partial charge on any atom is 0.293 e. The van der Waals surface area contributed by atoms with Gasteiger partial charge in [0.2, 0.25) is 0 Å². The van der Waals surface area contributed by atoms with E-state index in [9.17, 15) is 14.9 Å². The normalized spacial score (nSPS) is 16.4. The minimum absolute atomic E-state index is 0.00541. The van der Waals surface area contributed by atoms with Crippen molar-refractivity contribution in [2.24, 2.45) is 0 Å². The number of nitro groups is 1. The predicted octanol–water partition coefficient (Wildman–Crippen LogP) is 2.94. The Morgan fingerprint density at radius 3 is 2.89 bits per heavy atom. The third kappa shape index (κ3) is 4.04. The number of nitrogens with zero attached hydrogens (tertiary/aromatic N) is 3. The van der Waals surface area contributed by atoms with E-state index in [2.05, 4.69) is 5.32 Å². The molecule has 8 nitrogen and oxygen atoms in total. The fourth-order valence-electron chi connectivity index (χ4n) is 3.01. The van der Waals surface area contributed by atoms with E-state index in [1.54, 1.807) is 30.3 Å². The van der Waals surface area contributed by atoms with Crippen molar-refractivity contribution in [3.8, 4) is 6.07 Å². The van der Waals surface area contributed by atoms with Crippen LogP contribution in [-0.4, -0.2) is 36.6 Å². The molecule has 3 rings (SSSR count). The Morgan fingerprint density at radius 1 is 1.37 bits per heavy atom. The Morgan fingerprint density at radius 2 is 2.19 bits per heavy atom. The molecule has 2 aromatic carbocycles. The first-order valence-corrected chi connectivity index (χ1v) is 8.44. The van der Waals surface area contributed by atoms with Gasteiger partial charge in [0.25, 0.3) is 11.6 Å². The maximum atomic E-state index is 12.5. The van der Waals surface area contributed by atoms with E-state index in [1.807, 2.05) is 17.9 Å². The zero-order valence-corrected chi connectivity index (χ0v) is 14.7. The molecule has 1 saturated heterocycles. The standard InChI is InChI=1S/C19H18N4O4/c1-13-12-27-8-7-22(13)17-6-5-15(10-18(17)23(25)26)19(24)21-16-4-2-3-14(9-16)11-20/h2-6,9-10,13H,7-8,12H2,1H3,(H,21,24)/t13-/m0/s1. The molecule has 27 heavy (non-hydrogen) atoms. The minimum atomic E-state index is -0.482. The predicted molar refractivity (Wildman–Crippen MR) is 99.8 cm³/mol. The number of hydrogen-bond acceptors (Lipinski definition) is 6. The van der Waals surface area contributed by atoms with Crippen LogP contribution in [0.15, 0.2) is 42.5 Å². The number of morpholine rings is 1. The first-order valence-electron chi connectivity index (χ1n) is 8.44. The molecule has 1 aliphatic heterocycles. The van der Waals surface area contributed by atoms with Gasteiger partial charge in [-0.3, -0.25) is 14.9 Å². The van der Waals surface area contributed by atoms with Gasteiger partial charge in [-0.2, -0.15) is 5.26 Å². The molecule has 0 spiro atoms. The Labute approximate surface area is 156 Å². The monoisotopic (exact) mass is 366 g/mol. The topological polar surface area (TPSA) is 108 Å². The van der Waals surface area contributed by atoms with Gasteiger partial charge in [-0.25, -0.2) is 0 Å². The largest absolute Gasteiger partial charge is 0.377 e. The number of anilines is 2. The van der Waals surface area contributed by atoms with Crippen molar-refractivity contribution in [2.45, 2.75) is 13.0 Å². The molecule has 1 fully saturated rings. The van der Waals surface area contributed by atoms with E-state index in [0.717, 1.165) is 0 Å². The summed E-state index contributed by atoms with van der Waals surface area (Å²) in [5.74, 6) is -0.477. The quantitative estimate of drug-likeness (QED) is 0.658. The van der Waals surface area contributed by atoms with Crippen LogP contribution in [0.3, 0.4) is 0 Å². The van der Waals surface area contributed by atoms with Gasteiger partial charge in [-0.05, 0) is 37.3 Å². The van der Waals surface area contributed by atoms with Gasteiger partial charge in [0.15, 0.2) is 0 Å². The van der Waals surface area contributed by atoms with E-state index >= 15 is 0 Å². The second kappa shape index (κ2) is 7.85. The van der Waals surface area contributed by atoms with Crippen molar-refractivity contribution in [3.05, 3.63) is 63.7 Å². The van der Waals surface area contributed by atoms with Crippen LogP contribution in [0.4, 0.5) is 17.1 Å². The Balaban J connectivity index is 1.88. The summed E-state index contributed by atoms with van der Waals surface area (Å²) in [5, 5.41) is 23.2. The highest BCUT2D eigenvalue weighted by atomic mass is 16.6. The number of rotatable bonds is 4. The van der Waals surface area contributed by atoms with Crippen molar-refractivity contribution in [3.63, 3.8) is 0 Å². The van der Waals surface area contributed by atoms with Crippen LogP contribution >= 0.6 is 0 Å². The van der Waals surface area contributed by atoms with Crippen molar-refractivity contribution in [2.75, 3.05) is 30.0 Å². The van der Waals surface area contributed by atoms with E-state index in [4.69, 9.17) is 10.00 Å². The number of nitro benzene ring substituents is 1. The van der Waals surface area contributed by atoms with E-state index in [-0.39, 0.29) is 17.3 Å². The Hall–Kier alpha value is -3.44. The fraction of sp³-hybridized carbons (Fsp3) is 0.263. The molecule has 1 N–H and O–H groups in total. The van der Waals surface area contributed by atoms with Gasteiger partial charge >= 0.3 is 0 Å². The number of hydrogen-bond donors (Lipinski definition) is 1. The first-order chi connectivity index (χ1) is 13.0. The maximum absolute atomic E-state index is 12.5. The third-order valence-corrected chi connectivity index (χ3v) is 4.36. The zero-order chi connectivity index (χ0) is 19.4. The summed E-state index contributed by atoms with van der Waals surface area (Å²) < 4.78 is 5.38. The molecular weight excluding hydrogens is 348 g/mol. The van der Waals surface area contributed by atoms with E-state index in [1.165, 1.54) is 12.1 Å². The smallest absolute Gasteiger partial charge is 0.293 e. The molecular formula is C19H18N4O4. The number of amides is 1. The highest BCUT2D eigenvalue weighted by Crippen LogP contribution is 2.32. The van der Waals surface area contributed by atoms with Crippen LogP contribution in [0.25, 0.3) is 0 Å². The molecule has 1 heterocycles. The second-order valence-corrected chi connectivity index (χ2v) is 6.22.